The maximum atomic E-state index is 11.9. The minimum absolute atomic E-state index is 0.205. The van der Waals surface area contributed by atoms with Crippen LogP contribution in [-0.2, 0) is 11.2 Å². The Kier molecular flexibility index (Phi) is 4.31. The Balaban J connectivity index is 2.15. The third-order valence-electron chi connectivity index (χ3n) is 5.07. The van der Waals surface area contributed by atoms with Crippen LogP contribution in [0.5, 0.6) is 5.75 Å². The van der Waals surface area contributed by atoms with Crippen LogP contribution in [0.15, 0.2) is 24.3 Å². The summed E-state index contributed by atoms with van der Waals surface area (Å²) < 4.78 is 0. The van der Waals surface area contributed by atoms with Gasteiger partial charge in [-0.3, -0.25) is 4.79 Å². The smallest absolute Gasteiger partial charge is 0.309 e. The van der Waals surface area contributed by atoms with Crippen molar-refractivity contribution in [1.29, 1.82) is 0 Å². The first-order chi connectivity index (χ1) is 9.73. The summed E-state index contributed by atoms with van der Waals surface area (Å²) >= 11 is 0. The van der Waals surface area contributed by atoms with E-state index in [-0.39, 0.29) is 11.2 Å². The SMILES string of the molecule is CC(C)(C)C1CCC(Cc2cccc(O)c2)(C(=O)O)CC1. The van der Waals surface area contributed by atoms with Crippen LogP contribution in [0.3, 0.4) is 0 Å². The average molecular weight is 290 g/mol. The molecule has 0 aliphatic heterocycles. The summed E-state index contributed by atoms with van der Waals surface area (Å²) in [6, 6.07) is 6.98. The number of carboxylic acid groups (broad SMARTS) is 1. The molecule has 0 atom stereocenters. The third-order valence-corrected chi connectivity index (χ3v) is 5.07. The van der Waals surface area contributed by atoms with Crippen molar-refractivity contribution in [1.82, 2.24) is 0 Å². The highest BCUT2D eigenvalue weighted by Crippen LogP contribution is 2.47. The molecule has 1 aromatic rings. The van der Waals surface area contributed by atoms with E-state index in [0.29, 0.717) is 12.3 Å². The molecule has 2 N–H and O–H groups in total. The molecular formula is C18H26O3. The number of aliphatic carboxylic acids is 1. The molecule has 116 valence electrons. The van der Waals surface area contributed by atoms with Gasteiger partial charge in [-0.05, 0) is 61.1 Å². The van der Waals surface area contributed by atoms with Gasteiger partial charge in [0.05, 0.1) is 5.41 Å². The van der Waals surface area contributed by atoms with Gasteiger partial charge in [0.15, 0.2) is 0 Å². The molecule has 2 rings (SSSR count). The van der Waals surface area contributed by atoms with E-state index in [0.717, 1.165) is 31.2 Å². The second-order valence-electron chi connectivity index (χ2n) is 7.57. The van der Waals surface area contributed by atoms with E-state index in [4.69, 9.17) is 0 Å². The van der Waals surface area contributed by atoms with Crippen molar-refractivity contribution in [3.05, 3.63) is 29.8 Å². The fourth-order valence-electron chi connectivity index (χ4n) is 3.56. The van der Waals surface area contributed by atoms with E-state index in [2.05, 4.69) is 20.8 Å². The quantitative estimate of drug-likeness (QED) is 0.875. The monoisotopic (exact) mass is 290 g/mol. The van der Waals surface area contributed by atoms with Gasteiger partial charge in [0, 0.05) is 0 Å². The minimum atomic E-state index is -0.696. The number of phenols is 1. The Morgan fingerprint density at radius 2 is 1.90 bits per heavy atom. The lowest BCUT2D eigenvalue weighted by Gasteiger charge is -2.42. The molecule has 0 unspecified atom stereocenters. The standard InChI is InChI=1S/C18H26O3/c1-17(2,3)14-7-9-18(10-8-14,16(20)21)12-13-5-4-6-15(19)11-13/h4-6,11,14,19H,7-10,12H2,1-3H3,(H,20,21). The summed E-state index contributed by atoms with van der Waals surface area (Å²) in [5.41, 5.74) is 0.484. The zero-order chi connectivity index (χ0) is 15.7. The molecule has 0 bridgehead atoms. The van der Waals surface area contributed by atoms with Crippen LogP contribution in [0.2, 0.25) is 0 Å². The van der Waals surface area contributed by atoms with Crippen molar-refractivity contribution in [2.45, 2.75) is 52.9 Å². The van der Waals surface area contributed by atoms with E-state index in [9.17, 15) is 15.0 Å². The average Bonchev–Trinajstić information content (AvgIpc) is 2.38. The number of hydrogen-bond donors (Lipinski definition) is 2. The number of carboxylic acids is 1. The van der Waals surface area contributed by atoms with E-state index >= 15 is 0 Å². The zero-order valence-electron chi connectivity index (χ0n) is 13.2. The first-order valence-electron chi connectivity index (χ1n) is 7.74. The first kappa shape index (κ1) is 15.9. The number of carbonyl (C=O) groups is 1. The summed E-state index contributed by atoms with van der Waals surface area (Å²) in [5, 5.41) is 19.3. The van der Waals surface area contributed by atoms with Gasteiger partial charge < -0.3 is 10.2 Å². The van der Waals surface area contributed by atoms with Crippen LogP contribution in [0.25, 0.3) is 0 Å². The maximum Gasteiger partial charge on any atom is 0.309 e. The van der Waals surface area contributed by atoms with Crippen LogP contribution < -0.4 is 0 Å². The first-order valence-corrected chi connectivity index (χ1v) is 7.74. The van der Waals surface area contributed by atoms with Gasteiger partial charge in [0.25, 0.3) is 0 Å². The molecule has 3 nitrogen and oxygen atoms in total. The van der Waals surface area contributed by atoms with E-state index in [1.807, 2.05) is 6.07 Å². The van der Waals surface area contributed by atoms with Crippen LogP contribution in [0.1, 0.15) is 52.0 Å². The summed E-state index contributed by atoms with van der Waals surface area (Å²) in [7, 11) is 0. The Morgan fingerprint density at radius 1 is 1.29 bits per heavy atom. The fraction of sp³-hybridized carbons (Fsp3) is 0.611. The maximum absolute atomic E-state index is 11.9. The molecule has 0 spiro atoms. The fourth-order valence-corrected chi connectivity index (χ4v) is 3.56. The van der Waals surface area contributed by atoms with Crippen molar-refractivity contribution in [3.63, 3.8) is 0 Å². The van der Waals surface area contributed by atoms with Crippen LogP contribution in [0, 0.1) is 16.7 Å². The van der Waals surface area contributed by atoms with Gasteiger partial charge in [-0.25, -0.2) is 0 Å². The predicted molar refractivity (Wildman–Crippen MR) is 83.3 cm³/mol. The number of hydrogen-bond acceptors (Lipinski definition) is 2. The highest BCUT2D eigenvalue weighted by molar-refractivity contribution is 5.75. The minimum Gasteiger partial charge on any atom is -0.508 e. The highest BCUT2D eigenvalue weighted by atomic mass is 16.4. The molecule has 1 aliphatic rings. The van der Waals surface area contributed by atoms with Crippen molar-refractivity contribution in [3.8, 4) is 5.75 Å². The summed E-state index contributed by atoms with van der Waals surface area (Å²) in [6.45, 7) is 6.71. The van der Waals surface area contributed by atoms with E-state index in [1.165, 1.54) is 0 Å². The van der Waals surface area contributed by atoms with Crippen LogP contribution in [0.4, 0.5) is 0 Å². The Bertz CT molecular complexity index is 505. The topological polar surface area (TPSA) is 57.5 Å². The molecule has 1 aromatic carbocycles. The van der Waals surface area contributed by atoms with E-state index in [1.54, 1.807) is 18.2 Å². The van der Waals surface area contributed by atoms with E-state index < -0.39 is 11.4 Å². The molecule has 1 aliphatic carbocycles. The summed E-state index contributed by atoms with van der Waals surface area (Å²) in [5.74, 6) is 0.101. The summed E-state index contributed by atoms with van der Waals surface area (Å²) in [4.78, 5) is 11.9. The second kappa shape index (κ2) is 5.70. The number of aromatic hydroxyl groups is 1. The number of benzene rings is 1. The lowest BCUT2D eigenvalue weighted by molar-refractivity contribution is -0.152. The van der Waals surface area contributed by atoms with Crippen molar-refractivity contribution in [2.75, 3.05) is 0 Å². The van der Waals surface area contributed by atoms with Crippen LogP contribution >= 0.6 is 0 Å². The molecule has 21 heavy (non-hydrogen) atoms. The molecule has 1 fully saturated rings. The molecule has 0 radical (unpaired) electrons. The largest absolute Gasteiger partial charge is 0.508 e. The van der Waals surface area contributed by atoms with Gasteiger partial charge in [0.2, 0.25) is 0 Å². The molecule has 0 saturated heterocycles. The van der Waals surface area contributed by atoms with Gasteiger partial charge in [-0.2, -0.15) is 0 Å². The number of phenolic OH excluding ortho intramolecular Hbond substituents is 1. The molecule has 0 aromatic heterocycles. The number of rotatable bonds is 3. The molecular weight excluding hydrogens is 264 g/mol. The Hall–Kier alpha value is -1.51. The highest BCUT2D eigenvalue weighted by Gasteiger charge is 2.44. The van der Waals surface area contributed by atoms with Gasteiger partial charge >= 0.3 is 5.97 Å². The summed E-state index contributed by atoms with van der Waals surface area (Å²) in [6.07, 6.45) is 3.89. The van der Waals surface area contributed by atoms with Gasteiger partial charge in [-0.1, -0.05) is 32.9 Å². The predicted octanol–water partition coefficient (Wildman–Crippen LogP) is 4.24. The third kappa shape index (κ3) is 3.58. The van der Waals surface area contributed by atoms with Gasteiger partial charge in [-0.15, -0.1) is 0 Å². The lowest BCUT2D eigenvalue weighted by Crippen LogP contribution is -2.39. The van der Waals surface area contributed by atoms with Crippen LogP contribution in [-0.4, -0.2) is 16.2 Å². The van der Waals surface area contributed by atoms with Crippen molar-refractivity contribution >= 4 is 5.97 Å². The second-order valence-corrected chi connectivity index (χ2v) is 7.57. The molecule has 1 saturated carbocycles. The van der Waals surface area contributed by atoms with Crippen molar-refractivity contribution in [2.24, 2.45) is 16.7 Å². The Labute approximate surface area is 127 Å². The molecule has 0 amide bonds. The molecule has 3 heteroatoms. The lowest BCUT2D eigenvalue weighted by atomic mass is 9.62. The van der Waals surface area contributed by atoms with Gasteiger partial charge in [0.1, 0.15) is 5.75 Å². The Morgan fingerprint density at radius 3 is 2.38 bits per heavy atom. The van der Waals surface area contributed by atoms with Crippen molar-refractivity contribution < 1.29 is 15.0 Å². The normalized spacial score (nSPS) is 26.5. The molecule has 0 heterocycles. The zero-order valence-corrected chi connectivity index (χ0v) is 13.2.